The number of nitrogens with zero attached hydrogens (tertiary/aromatic N) is 1. The van der Waals surface area contributed by atoms with Gasteiger partial charge in [0, 0.05) is 6.54 Å². The zero-order valence-electron chi connectivity index (χ0n) is 23.9. The van der Waals surface area contributed by atoms with Gasteiger partial charge in [-0.05, 0) is 50.2 Å². The van der Waals surface area contributed by atoms with Crippen LogP contribution in [0, 0.1) is 18.8 Å². The third kappa shape index (κ3) is 9.44. The standard InChI is InChI=1S/C28H42N4O7S/c1-7-15-39-24(33)17-29-26(34)22(16-18(2)3)30-27(35)23-9-8-14-32(23)28(36)25(19(4)5)31-40(37,38)21-12-10-20(6)11-13-21/h7,10-13,18-19,22-23,25,31H,1,8-9,14-17H2,2-6H3,(H,29,34)(H,30,35)/t22-,23-,25?/m0/s1. The second-order valence-electron chi connectivity index (χ2n) is 10.7. The van der Waals surface area contributed by atoms with Crippen molar-refractivity contribution in [2.75, 3.05) is 19.7 Å². The molecule has 0 radical (unpaired) electrons. The van der Waals surface area contributed by atoms with Gasteiger partial charge in [-0.2, -0.15) is 4.72 Å². The number of rotatable bonds is 14. The molecule has 1 aliphatic rings. The topological polar surface area (TPSA) is 151 Å². The number of aryl methyl sites for hydroxylation is 1. The molecule has 0 saturated carbocycles. The molecular formula is C28H42N4O7S. The van der Waals surface area contributed by atoms with Gasteiger partial charge in [0.05, 0.1) is 4.90 Å². The summed E-state index contributed by atoms with van der Waals surface area (Å²) >= 11 is 0. The molecule has 1 fully saturated rings. The van der Waals surface area contributed by atoms with E-state index < -0.39 is 57.8 Å². The maximum absolute atomic E-state index is 13.6. The molecule has 0 aliphatic carbocycles. The van der Waals surface area contributed by atoms with Gasteiger partial charge >= 0.3 is 5.97 Å². The number of hydrogen-bond acceptors (Lipinski definition) is 7. The number of carbonyl (C=O) groups excluding carboxylic acids is 4. The minimum atomic E-state index is -3.99. The lowest BCUT2D eigenvalue weighted by Gasteiger charge is -2.31. The Bertz CT molecular complexity index is 1170. The highest BCUT2D eigenvalue weighted by atomic mass is 32.2. The van der Waals surface area contributed by atoms with E-state index in [9.17, 15) is 27.6 Å². The van der Waals surface area contributed by atoms with E-state index in [-0.39, 0.29) is 30.5 Å². The zero-order chi connectivity index (χ0) is 30.0. The number of esters is 1. The highest BCUT2D eigenvalue weighted by molar-refractivity contribution is 7.89. The zero-order valence-corrected chi connectivity index (χ0v) is 24.8. The second kappa shape index (κ2) is 14.9. The summed E-state index contributed by atoms with van der Waals surface area (Å²) < 4.78 is 33.5. The fourth-order valence-corrected chi connectivity index (χ4v) is 5.70. The maximum Gasteiger partial charge on any atom is 0.325 e. The molecule has 0 bridgehead atoms. The number of hydrogen-bond donors (Lipinski definition) is 3. The first-order valence-corrected chi connectivity index (χ1v) is 15.0. The number of amides is 3. The number of carbonyl (C=O) groups is 4. The molecule has 2 rings (SSSR count). The predicted octanol–water partition coefficient (Wildman–Crippen LogP) is 1.67. The van der Waals surface area contributed by atoms with E-state index in [0.29, 0.717) is 19.3 Å². The highest BCUT2D eigenvalue weighted by Crippen LogP contribution is 2.22. The molecule has 1 aromatic rings. The van der Waals surface area contributed by atoms with Crippen LogP contribution in [-0.2, 0) is 33.9 Å². The Morgan fingerprint density at radius 1 is 1.12 bits per heavy atom. The summed E-state index contributed by atoms with van der Waals surface area (Å²) in [5, 5.41) is 5.22. The maximum atomic E-state index is 13.6. The quantitative estimate of drug-likeness (QED) is 0.224. The molecule has 1 heterocycles. The number of benzene rings is 1. The summed E-state index contributed by atoms with van der Waals surface area (Å²) in [4.78, 5) is 53.0. The van der Waals surface area contributed by atoms with Gasteiger partial charge in [-0.3, -0.25) is 19.2 Å². The molecule has 1 unspecified atom stereocenters. The molecule has 3 atom stereocenters. The first kappa shape index (κ1) is 33.0. The normalized spacial score (nSPS) is 16.9. The van der Waals surface area contributed by atoms with Gasteiger partial charge in [-0.25, -0.2) is 8.42 Å². The third-order valence-corrected chi connectivity index (χ3v) is 7.95. The second-order valence-corrected chi connectivity index (χ2v) is 12.4. The number of likely N-dealkylation sites (tertiary alicyclic amines) is 1. The fourth-order valence-electron chi connectivity index (χ4n) is 4.36. The lowest BCUT2D eigenvalue weighted by Crippen LogP contribution is -2.57. The van der Waals surface area contributed by atoms with Gasteiger partial charge in [0.25, 0.3) is 0 Å². The van der Waals surface area contributed by atoms with Crippen molar-refractivity contribution in [2.45, 2.75) is 76.9 Å². The van der Waals surface area contributed by atoms with E-state index in [0.717, 1.165) is 5.56 Å². The largest absolute Gasteiger partial charge is 0.460 e. The molecule has 222 valence electrons. The van der Waals surface area contributed by atoms with E-state index in [4.69, 9.17) is 4.74 Å². The minimum absolute atomic E-state index is 0.0188. The first-order chi connectivity index (χ1) is 18.8. The van der Waals surface area contributed by atoms with Crippen molar-refractivity contribution >= 4 is 33.7 Å². The van der Waals surface area contributed by atoms with Crippen molar-refractivity contribution in [3.63, 3.8) is 0 Å². The van der Waals surface area contributed by atoms with Crippen molar-refractivity contribution in [1.82, 2.24) is 20.3 Å². The number of ether oxygens (including phenoxy) is 1. The van der Waals surface area contributed by atoms with E-state index in [1.807, 2.05) is 20.8 Å². The summed E-state index contributed by atoms with van der Waals surface area (Å²) in [6, 6.07) is 3.42. The Balaban J connectivity index is 2.15. The summed E-state index contributed by atoms with van der Waals surface area (Å²) in [7, 11) is -3.99. The van der Waals surface area contributed by atoms with E-state index in [1.54, 1.807) is 26.0 Å². The summed E-state index contributed by atoms with van der Waals surface area (Å²) in [5.74, 6) is -2.53. The van der Waals surface area contributed by atoms with Crippen LogP contribution in [-0.4, -0.2) is 74.8 Å². The molecule has 11 nitrogen and oxygen atoms in total. The molecule has 0 spiro atoms. The monoisotopic (exact) mass is 578 g/mol. The van der Waals surface area contributed by atoms with Crippen molar-refractivity contribution in [3.8, 4) is 0 Å². The number of sulfonamides is 1. The first-order valence-electron chi connectivity index (χ1n) is 13.5. The van der Waals surface area contributed by atoms with Gasteiger partial charge in [0.15, 0.2) is 0 Å². The van der Waals surface area contributed by atoms with Crippen molar-refractivity contribution in [3.05, 3.63) is 42.5 Å². The molecule has 1 aromatic carbocycles. The van der Waals surface area contributed by atoms with Crippen LogP contribution in [0.4, 0.5) is 0 Å². The predicted molar refractivity (Wildman–Crippen MR) is 150 cm³/mol. The van der Waals surface area contributed by atoms with Crippen LogP contribution in [0.25, 0.3) is 0 Å². The molecule has 1 saturated heterocycles. The van der Waals surface area contributed by atoms with Crippen LogP contribution in [0.15, 0.2) is 41.8 Å². The fraction of sp³-hybridized carbons (Fsp3) is 0.571. The summed E-state index contributed by atoms with van der Waals surface area (Å²) in [5.41, 5.74) is 0.901. The van der Waals surface area contributed by atoms with Crippen LogP contribution in [0.2, 0.25) is 0 Å². The van der Waals surface area contributed by atoms with Crippen LogP contribution in [0.3, 0.4) is 0 Å². The lowest BCUT2D eigenvalue weighted by molar-refractivity contribution is -0.143. The van der Waals surface area contributed by atoms with Gasteiger partial charge < -0.3 is 20.3 Å². The molecule has 3 amide bonds. The average Bonchev–Trinajstić information content (AvgIpc) is 3.38. The van der Waals surface area contributed by atoms with E-state index in [1.165, 1.54) is 23.1 Å². The SMILES string of the molecule is C=CCOC(=O)CNC(=O)[C@H](CC(C)C)NC(=O)[C@@H]1CCCN1C(=O)C(NS(=O)(=O)c1ccc(C)cc1)C(C)C. The molecule has 3 N–H and O–H groups in total. The van der Waals surface area contributed by atoms with Crippen LogP contribution in [0.1, 0.15) is 52.5 Å². The van der Waals surface area contributed by atoms with Crippen molar-refractivity contribution in [2.24, 2.45) is 11.8 Å². The van der Waals surface area contributed by atoms with Gasteiger partial charge in [-0.15, -0.1) is 0 Å². The Labute approximate surface area is 237 Å². The van der Waals surface area contributed by atoms with Gasteiger partial charge in [0.1, 0.15) is 31.3 Å². The lowest BCUT2D eigenvalue weighted by atomic mass is 10.0. The molecule has 12 heteroatoms. The van der Waals surface area contributed by atoms with Gasteiger partial charge in [0.2, 0.25) is 27.7 Å². The van der Waals surface area contributed by atoms with E-state index in [2.05, 4.69) is 21.9 Å². The van der Waals surface area contributed by atoms with Crippen molar-refractivity contribution in [1.29, 1.82) is 0 Å². The molecular weight excluding hydrogens is 536 g/mol. The molecule has 1 aliphatic heterocycles. The van der Waals surface area contributed by atoms with Gasteiger partial charge in [-0.1, -0.05) is 58.0 Å². The van der Waals surface area contributed by atoms with Crippen LogP contribution < -0.4 is 15.4 Å². The Hall–Kier alpha value is -3.25. The average molecular weight is 579 g/mol. The Morgan fingerprint density at radius 2 is 1.77 bits per heavy atom. The summed E-state index contributed by atoms with van der Waals surface area (Å²) in [6.45, 7) is 12.5. The van der Waals surface area contributed by atoms with Crippen molar-refractivity contribution < 1.29 is 32.3 Å². The third-order valence-electron chi connectivity index (χ3n) is 6.49. The number of nitrogens with one attached hydrogen (secondary N) is 3. The van der Waals surface area contributed by atoms with Crippen LogP contribution in [0.5, 0.6) is 0 Å². The summed E-state index contributed by atoms with van der Waals surface area (Å²) in [6.07, 6.45) is 2.64. The molecule has 0 aromatic heterocycles. The van der Waals surface area contributed by atoms with Crippen LogP contribution >= 0.6 is 0 Å². The highest BCUT2D eigenvalue weighted by Gasteiger charge is 2.40. The Kier molecular flexibility index (Phi) is 12.3. The smallest absolute Gasteiger partial charge is 0.325 e. The Morgan fingerprint density at radius 3 is 2.35 bits per heavy atom. The molecule has 40 heavy (non-hydrogen) atoms. The minimum Gasteiger partial charge on any atom is -0.460 e. The van der Waals surface area contributed by atoms with E-state index >= 15 is 0 Å².